The van der Waals surface area contributed by atoms with Crippen LogP contribution in [0.25, 0.3) is 10.2 Å². The number of para-hydroxylation sites is 1. The highest BCUT2D eigenvalue weighted by atomic mass is 32.2. The first-order chi connectivity index (χ1) is 11.2. The van der Waals surface area contributed by atoms with Gasteiger partial charge in [-0.15, -0.1) is 21.5 Å². The average Bonchev–Trinajstić information content (AvgIpc) is 3.10. The fourth-order valence-corrected chi connectivity index (χ4v) is 3.96. The van der Waals surface area contributed by atoms with E-state index < -0.39 is 0 Å². The van der Waals surface area contributed by atoms with E-state index in [4.69, 9.17) is 4.74 Å². The van der Waals surface area contributed by atoms with Crippen molar-refractivity contribution in [1.29, 1.82) is 0 Å². The van der Waals surface area contributed by atoms with Crippen LogP contribution in [0, 0.1) is 0 Å². The third-order valence-electron chi connectivity index (χ3n) is 3.20. The molecule has 3 rings (SSSR count). The molecule has 0 radical (unpaired) electrons. The van der Waals surface area contributed by atoms with E-state index in [-0.39, 0.29) is 12.4 Å². The summed E-state index contributed by atoms with van der Waals surface area (Å²) in [6.07, 6.45) is 0.138. The Morgan fingerprint density at radius 3 is 2.96 bits per heavy atom. The van der Waals surface area contributed by atoms with Crippen LogP contribution in [0.3, 0.4) is 0 Å². The van der Waals surface area contributed by atoms with Gasteiger partial charge in [0.25, 0.3) is 0 Å². The maximum atomic E-state index is 11.5. The minimum absolute atomic E-state index is 0.138. The molecule has 2 heterocycles. The van der Waals surface area contributed by atoms with Gasteiger partial charge in [-0.2, -0.15) is 0 Å². The molecule has 0 amide bonds. The van der Waals surface area contributed by atoms with E-state index in [0.717, 1.165) is 21.4 Å². The molecule has 120 valence electrons. The summed E-state index contributed by atoms with van der Waals surface area (Å²) in [5.74, 6) is 1.05. The molecule has 0 bridgehead atoms. The second-order valence-corrected chi connectivity index (χ2v) is 6.86. The molecule has 0 saturated heterocycles. The minimum atomic E-state index is -0.286. The van der Waals surface area contributed by atoms with E-state index in [9.17, 15) is 4.79 Å². The lowest BCUT2D eigenvalue weighted by Gasteiger charge is -2.03. The average molecular weight is 348 g/mol. The molecule has 0 fully saturated rings. The number of nitrogens with zero attached hydrogens (tertiary/aromatic N) is 4. The van der Waals surface area contributed by atoms with Crippen LogP contribution in [0.2, 0.25) is 0 Å². The van der Waals surface area contributed by atoms with Gasteiger partial charge < -0.3 is 9.30 Å². The van der Waals surface area contributed by atoms with Gasteiger partial charge in [0.1, 0.15) is 17.3 Å². The Hall–Kier alpha value is -1.93. The monoisotopic (exact) mass is 348 g/mol. The Balaban J connectivity index is 1.66. The highest BCUT2D eigenvalue weighted by Gasteiger charge is 2.14. The van der Waals surface area contributed by atoms with Crippen molar-refractivity contribution >= 4 is 39.3 Å². The Morgan fingerprint density at radius 1 is 1.35 bits per heavy atom. The van der Waals surface area contributed by atoms with Crippen LogP contribution in [0.5, 0.6) is 0 Å². The zero-order chi connectivity index (χ0) is 16.2. The minimum Gasteiger partial charge on any atom is -0.466 e. The molecule has 1 aromatic carbocycles. The summed E-state index contributed by atoms with van der Waals surface area (Å²) in [6, 6.07) is 8.09. The third-order valence-corrected chi connectivity index (χ3v) is 5.45. The highest BCUT2D eigenvalue weighted by Crippen LogP contribution is 2.27. The smallest absolute Gasteiger partial charge is 0.313 e. The number of carbonyl (C=O) groups excluding carboxylic acids is 1. The number of thiazole rings is 1. The number of hydrogen-bond donors (Lipinski definition) is 0. The van der Waals surface area contributed by atoms with Gasteiger partial charge in [-0.25, -0.2) is 4.98 Å². The van der Waals surface area contributed by atoms with Gasteiger partial charge in [0.15, 0.2) is 5.16 Å². The van der Waals surface area contributed by atoms with Crippen molar-refractivity contribution in [1.82, 2.24) is 19.7 Å². The SMILES string of the molecule is CCOC(=O)Cc1nnc(SCc2nc3ccccc3s2)n1C. The second-order valence-electron chi connectivity index (χ2n) is 4.80. The fourth-order valence-electron chi connectivity index (χ4n) is 2.07. The van der Waals surface area contributed by atoms with Gasteiger partial charge in [-0.05, 0) is 19.1 Å². The molecule has 0 aliphatic carbocycles. The van der Waals surface area contributed by atoms with Crippen molar-refractivity contribution in [3.05, 3.63) is 35.1 Å². The van der Waals surface area contributed by atoms with Crippen molar-refractivity contribution in [2.24, 2.45) is 7.05 Å². The predicted octanol–water partition coefficient (Wildman–Crippen LogP) is 2.82. The second kappa shape index (κ2) is 7.10. The number of carbonyl (C=O) groups is 1. The standard InChI is InChI=1S/C15H16N4O2S2/c1-3-21-14(20)8-12-17-18-15(19(12)2)22-9-13-16-10-6-4-5-7-11(10)23-13/h4-7H,3,8-9H2,1-2H3. The molecule has 0 atom stereocenters. The molecule has 0 aliphatic heterocycles. The molecule has 6 nitrogen and oxygen atoms in total. The first kappa shape index (κ1) is 15.9. The highest BCUT2D eigenvalue weighted by molar-refractivity contribution is 7.98. The zero-order valence-electron chi connectivity index (χ0n) is 12.9. The van der Waals surface area contributed by atoms with Crippen LogP contribution in [0.15, 0.2) is 29.4 Å². The lowest BCUT2D eigenvalue weighted by atomic mass is 10.3. The molecule has 3 aromatic rings. The summed E-state index contributed by atoms with van der Waals surface area (Å²) < 4.78 is 7.95. The number of benzene rings is 1. The van der Waals surface area contributed by atoms with Crippen LogP contribution in [-0.2, 0) is 28.8 Å². The van der Waals surface area contributed by atoms with Crippen LogP contribution < -0.4 is 0 Å². The van der Waals surface area contributed by atoms with E-state index in [2.05, 4.69) is 21.2 Å². The van der Waals surface area contributed by atoms with E-state index in [1.807, 2.05) is 29.8 Å². The maximum absolute atomic E-state index is 11.5. The Kier molecular flexibility index (Phi) is 4.92. The molecule has 0 N–H and O–H groups in total. The van der Waals surface area contributed by atoms with Crippen molar-refractivity contribution < 1.29 is 9.53 Å². The first-order valence-corrected chi connectivity index (χ1v) is 8.98. The number of rotatable bonds is 6. The van der Waals surface area contributed by atoms with Gasteiger partial charge in [-0.3, -0.25) is 4.79 Å². The number of aromatic nitrogens is 4. The lowest BCUT2D eigenvalue weighted by Crippen LogP contribution is -2.11. The van der Waals surface area contributed by atoms with E-state index in [1.54, 1.807) is 30.0 Å². The number of hydrogen-bond acceptors (Lipinski definition) is 7. The Morgan fingerprint density at radius 2 is 2.17 bits per heavy atom. The summed E-state index contributed by atoms with van der Waals surface area (Å²) in [7, 11) is 1.86. The normalized spacial score (nSPS) is 11.0. The Labute approximate surface area is 141 Å². The van der Waals surface area contributed by atoms with Crippen molar-refractivity contribution in [3.8, 4) is 0 Å². The van der Waals surface area contributed by atoms with Crippen LogP contribution in [0.1, 0.15) is 17.8 Å². The van der Waals surface area contributed by atoms with Crippen LogP contribution >= 0.6 is 23.1 Å². The van der Waals surface area contributed by atoms with E-state index in [1.165, 1.54) is 4.70 Å². The van der Waals surface area contributed by atoms with Crippen molar-refractivity contribution in [2.45, 2.75) is 24.3 Å². The summed E-state index contributed by atoms with van der Waals surface area (Å²) in [5, 5.41) is 10.0. The van der Waals surface area contributed by atoms with Crippen molar-refractivity contribution in [3.63, 3.8) is 0 Å². The van der Waals surface area contributed by atoms with Crippen LogP contribution in [0.4, 0.5) is 0 Å². The molecule has 0 spiro atoms. The molecule has 8 heteroatoms. The third kappa shape index (κ3) is 3.70. The maximum Gasteiger partial charge on any atom is 0.313 e. The van der Waals surface area contributed by atoms with Crippen molar-refractivity contribution in [2.75, 3.05) is 6.61 Å². The van der Waals surface area contributed by atoms with Gasteiger partial charge in [0.2, 0.25) is 0 Å². The van der Waals surface area contributed by atoms with Gasteiger partial charge in [-0.1, -0.05) is 23.9 Å². The lowest BCUT2D eigenvalue weighted by molar-refractivity contribution is -0.142. The number of fused-ring (bicyclic) bond motifs is 1. The summed E-state index contributed by atoms with van der Waals surface area (Å²) in [6.45, 7) is 2.16. The molecular weight excluding hydrogens is 332 g/mol. The Bertz CT molecular complexity index is 795. The molecule has 23 heavy (non-hydrogen) atoms. The number of ether oxygens (including phenoxy) is 1. The summed E-state index contributed by atoms with van der Waals surface area (Å²) in [5.41, 5.74) is 1.02. The summed E-state index contributed by atoms with van der Waals surface area (Å²) in [4.78, 5) is 16.1. The molecule has 2 aromatic heterocycles. The first-order valence-electron chi connectivity index (χ1n) is 7.18. The zero-order valence-corrected chi connectivity index (χ0v) is 14.5. The molecule has 0 saturated carbocycles. The molecule has 0 aliphatic rings. The number of thioether (sulfide) groups is 1. The topological polar surface area (TPSA) is 69.9 Å². The van der Waals surface area contributed by atoms with Gasteiger partial charge >= 0.3 is 5.97 Å². The number of esters is 1. The van der Waals surface area contributed by atoms with Crippen LogP contribution in [-0.4, -0.2) is 32.3 Å². The largest absolute Gasteiger partial charge is 0.466 e. The molecule has 0 unspecified atom stereocenters. The van der Waals surface area contributed by atoms with Gasteiger partial charge in [0, 0.05) is 7.05 Å². The summed E-state index contributed by atoms with van der Waals surface area (Å²) >= 11 is 3.24. The predicted molar refractivity (Wildman–Crippen MR) is 90.5 cm³/mol. The van der Waals surface area contributed by atoms with Gasteiger partial charge in [0.05, 0.1) is 22.6 Å². The fraction of sp³-hybridized carbons (Fsp3) is 0.333. The van der Waals surface area contributed by atoms with E-state index >= 15 is 0 Å². The van der Waals surface area contributed by atoms with E-state index in [0.29, 0.717) is 12.4 Å². The molecular formula is C15H16N4O2S2. The quantitative estimate of drug-likeness (QED) is 0.504.